The van der Waals surface area contributed by atoms with Gasteiger partial charge in [0.25, 0.3) is 5.91 Å². The molecule has 0 unspecified atom stereocenters. The van der Waals surface area contributed by atoms with Crippen LogP contribution in [0.15, 0.2) is 70.6 Å². The maximum absolute atomic E-state index is 11.5. The summed E-state index contributed by atoms with van der Waals surface area (Å²) in [4.78, 5) is 23.1. The zero-order chi connectivity index (χ0) is 26.6. The van der Waals surface area contributed by atoms with E-state index in [2.05, 4.69) is 30.5 Å². The summed E-state index contributed by atoms with van der Waals surface area (Å²) in [6.07, 6.45) is 2.46. The van der Waals surface area contributed by atoms with Crippen molar-refractivity contribution >= 4 is 39.9 Å². The summed E-state index contributed by atoms with van der Waals surface area (Å²) in [5.41, 5.74) is 3.36. The molecule has 9 heteroatoms. The molecule has 0 fully saturated rings. The molecule has 0 heterocycles. The molecule has 0 atom stereocenters. The summed E-state index contributed by atoms with van der Waals surface area (Å²) in [7, 11) is -3.57. The Kier molecular flexibility index (Phi) is 11.5. The Morgan fingerprint density at radius 1 is 1.00 bits per heavy atom. The predicted octanol–water partition coefficient (Wildman–Crippen LogP) is 4.21. The summed E-state index contributed by atoms with van der Waals surface area (Å²) in [5, 5.41) is 0. The van der Waals surface area contributed by atoms with E-state index >= 15 is 0 Å². The molecule has 2 aromatic carbocycles. The van der Waals surface area contributed by atoms with E-state index in [9.17, 15) is 13.2 Å². The van der Waals surface area contributed by atoms with Crippen LogP contribution in [-0.4, -0.2) is 63.8 Å². The van der Waals surface area contributed by atoms with Gasteiger partial charge in [0.15, 0.2) is 0 Å². The van der Waals surface area contributed by atoms with Gasteiger partial charge in [0, 0.05) is 30.3 Å². The van der Waals surface area contributed by atoms with Gasteiger partial charge in [-0.1, -0.05) is 60.7 Å². The molecular formula is C27H36N4O4S. The minimum Gasteiger partial charge on any atom is -0.372 e. The molecule has 0 aromatic heterocycles. The minimum absolute atomic E-state index is 0.212. The van der Waals surface area contributed by atoms with E-state index in [1.54, 1.807) is 0 Å². The van der Waals surface area contributed by atoms with E-state index < -0.39 is 15.9 Å². The van der Waals surface area contributed by atoms with Gasteiger partial charge in [-0.15, -0.1) is 0 Å². The summed E-state index contributed by atoms with van der Waals surface area (Å²) < 4.78 is 29.3. The zero-order valence-corrected chi connectivity index (χ0v) is 22.3. The summed E-state index contributed by atoms with van der Waals surface area (Å²) in [6.45, 7) is 10.8. The van der Waals surface area contributed by atoms with Gasteiger partial charge in [0.1, 0.15) is 12.4 Å². The molecule has 0 aliphatic heterocycles. The number of amidine groups is 1. The van der Waals surface area contributed by atoms with Gasteiger partial charge in [0.05, 0.1) is 17.6 Å². The first kappa shape index (κ1) is 28.9. The van der Waals surface area contributed by atoms with Gasteiger partial charge < -0.3 is 9.64 Å². The fourth-order valence-electron chi connectivity index (χ4n) is 3.66. The third kappa shape index (κ3) is 9.75. The van der Waals surface area contributed by atoms with Crippen LogP contribution in [0.1, 0.15) is 44.7 Å². The van der Waals surface area contributed by atoms with Crippen molar-refractivity contribution < 1.29 is 17.9 Å². The number of carbonyl (C=O) groups excluding carboxylic acids is 1. The van der Waals surface area contributed by atoms with Crippen molar-refractivity contribution in [2.24, 2.45) is 9.98 Å². The van der Waals surface area contributed by atoms with Crippen molar-refractivity contribution in [2.75, 3.05) is 26.0 Å². The number of unbranched alkanes of at least 4 members (excludes halogenated alkanes) is 1. The summed E-state index contributed by atoms with van der Waals surface area (Å²) in [6, 6.07) is 20.0. The second-order valence-electron chi connectivity index (χ2n) is 8.59. The van der Waals surface area contributed by atoms with E-state index in [1.165, 1.54) is 0 Å². The quantitative estimate of drug-likeness (QED) is 0.188. The first-order chi connectivity index (χ1) is 17.1. The van der Waals surface area contributed by atoms with Crippen molar-refractivity contribution in [3.8, 4) is 0 Å². The fourth-order valence-corrected chi connectivity index (χ4v) is 4.13. The number of nitrogens with zero attached hydrogens (tertiary/aromatic N) is 3. The second-order valence-corrected chi connectivity index (χ2v) is 10.3. The second kappa shape index (κ2) is 14.3. The lowest BCUT2D eigenvalue weighted by molar-refractivity contribution is -0.123. The molecule has 36 heavy (non-hydrogen) atoms. The van der Waals surface area contributed by atoms with Crippen LogP contribution in [0.5, 0.6) is 0 Å². The van der Waals surface area contributed by atoms with Crippen LogP contribution in [0.4, 0.5) is 0 Å². The molecule has 0 aliphatic carbocycles. The fraction of sp³-hybridized carbons (Fsp3) is 0.370. The number of carbonyl (C=O) groups is 1. The Labute approximate surface area is 214 Å². The number of amides is 1. The number of benzene rings is 2. The smallest absolute Gasteiger partial charge is 0.259 e. The molecule has 1 N–H and O–H groups in total. The van der Waals surface area contributed by atoms with Gasteiger partial charge in [0.2, 0.25) is 10.0 Å². The van der Waals surface area contributed by atoms with Crippen molar-refractivity contribution in [1.29, 1.82) is 0 Å². The molecule has 8 nitrogen and oxygen atoms in total. The Balaban J connectivity index is 2.14. The highest BCUT2D eigenvalue weighted by molar-refractivity contribution is 7.89. The molecular weight excluding hydrogens is 476 g/mol. The molecule has 0 spiro atoms. The van der Waals surface area contributed by atoms with Gasteiger partial charge in [-0.05, 0) is 40.3 Å². The molecule has 0 aliphatic rings. The number of nitrogens with one attached hydrogen (secondary N) is 1. The summed E-state index contributed by atoms with van der Waals surface area (Å²) in [5.74, 6) is 0.184. The van der Waals surface area contributed by atoms with Crippen LogP contribution >= 0.6 is 0 Å². The van der Waals surface area contributed by atoms with Gasteiger partial charge in [-0.3, -0.25) is 14.5 Å². The average molecular weight is 513 g/mol. The van der Waals surface area contributed by atoms with Gasteiger partial charge >= 0.3 is 0 Å². The molecule has 2 aromatic rings. The monoisotopic (exact) mass is 512 g/mol. The Morgan fingerprint density at radius 3 is 2.06 bits per heavy atom. The van der Waals surface area contributed by atoms with Crippen LogP contribution < -0.4 is 4.72 Å². The Bertz CT molecular complexity index is 1160. The molecule has 0 saturated heterocycles. The largest absolute Gasteiger partial charge is 0.372 e. The number of aliphatic imine (C=N–C) groups is 2. The van der Waals surface area contributed by atoms with E-state index in [4.69, 9.17) is 9.73 Å². The first-order valence-electron chi connectivity index (χ1n) is 11.8. The maximum Gasteiger partial charge on any atom is 0.259 e. The van der Waals surface area contributed by atoms with Crippen LogP contribution in [0.25, 0.3) is 11.4 Å². The molecule has 0 saturated carbocycles. The highest BCUT2D eigenvalue weighted by atomic mass is 32.2. The van der Waals surface area contributed by atoms with Crippen LogP contribution in [0.3, 0.4) is 0 Å². The van der Waals surface area contributed by atoms with E-state index in [1.807, 2.05) is 72.3 Å². The standard InChI is InChI=1S/C27H36N4O4S/c1-21(2)31(18-12-13-19-35-20-25(32)30-36(5,33)34)22(3)29-27(24-16-10-7-11-17-24)26(28-4)23-14-8-6-9-15-23/h6-11,14-17,21H,4,12-13,18-20H2,1-3,5H3,(H,30,32)/b27-26-,29-22?. The summed E-state index contributed by atoms with van der Waals surface area (Å²) >= 11 is 0. The maximum atomic E-state index is 11.5. The van der Waals surface area contributed by atoms with E-state index in [-0.39, 0.29) is 12.6 Å². The van der Waals surface area contributed by atoms with Crippen molar-refractivity contribution in [3.05, 3.63) is 71.8 Å². The normalized spacial score (nSPS) is 12.8. The van der Waals surface area contributed by atoms with Crippen molar-refractivity contribution in [1.82, 2.24) is 9.62 Å². The molecule has 1 amide bonds. The van der Waals surface area contributed by atoms with Crippen LogP contribution in [-0.2, 0) is 19.6 Å². The lowest BCUT2D eigenvalue weighted by atomic mass is 10.1. The SMILES string of the molecule is C=N/C(=C(\N=C(C)N(CCCCOCC(=O)NS(C)(=O)=O)C(C)C)c1ccccc1)c1ccccc1. The van der Waals surface area contributed by atoms with Crippen LogP contribution in [0, 0.1) is 0 Å². The van der Waals surface area contributed by atoms with Crippen LogP contribution in [0.2, 0.25) is 0 Å². The van der Waals surface area contributed by atoms with Gasteiger partial charge in [-0.25, -0.2) is 13.4 Å². The minimum atomic E-state index is -3.57. The number of ether oxygens (including phenoxy) is 1. The number of hydrogen-bond acceptors (Lipinski definition) is 6. The lowest BCUT2D eigenvalue weighted by Crippen LogP contribution is -2.36. The molecule has 2 rings (SSSR count). The third-order valence-corrected chi connectivity index (χ3v) is 5.86. The number of sulfonamides is 1. The van der Waals surface area contributed by atoms with E-state index in [0.717, 1.165) is 41.9 Å². The first-order valence-corrected chi connectivity index (χ1v) is 13.7. The van der Waals surface area contributed by atoms with Crippen molar-refractivity contribution in [2.45, 2.75) is 39.7 Å². The highest BCUT2D eigenvalue weighted by Gasteiger charge is 2.15. The van der Waals surface area contributed by atoms with Gasteiger partial charge in [-0.2, -0.15) is 0 Å². The topological polar surface area (TPSA) is 100 Å². The molecule has 0 bridgehead atoms. The zero-order valence-electron chi connectivity index (χ0n) is 21.5. The third-order valence-electron chi connectivity index (χ3n) is 5.26. The number of rotatable bonds is 13. The Hall–Kier alpha value is -3.30. The average Bonchev–Trinajstić information content (AvgIpc) is 2.83. The molecule has 0 radical (unpaired) electrons. The number of hydrogen-bond donors (Lipinski definition) is 1. The Morgan fingerprint density at radius 2 is 1.56 bits per heavy atom. The lowest BCUT2D eigenvalue weighted by Gasteiger charge is -2.29. The molecule has 194 valence electrons. The highest BCUT2D eigenvalue weighted by Crippen LogP contribution is 2.29. The predicted molar refractivity (Wildman–Crippen MR) is 147 cm³/mol. The van der Waals surface area contributed by atoms with Crippen molar-refractivity contribution in [3.63, 3.8) is 0 Å². The van der Waals surface area contributed by atoms with E-state index in [0.29, 0.717) is 18.7 Å².